The van der Waals surface area contributed by atoms with Gasteiger partial charge in [0.1, 0.15) is 73.2 Å². The lowest BCUT2D eigenvalue weighted by Gasteiger charge is -2.51. The molecule has 0 spiro atoms. The zero-order chi connectivity index (χ0) is 64.0. The van der Waals surface area contributed by atoms with Crippen LogP contribution in [0, 0.1) is 0 Å². The average Bonchev–Trinajstić information content (AvgIpc) is 1.65. The Balaban J connectivity index is 1.33. The van der Waals surface area contributed by atoms with E-state index in [0.717, 1.165) is 122 Å². The number of carbonyl (C=O) groups is 3. The van der Waals surface area contributed by atoms with Crippen LogP contribution in [0.2, 0.25) is 0 Å². The maximum Gasteiger partial charge on any atom is 0.306 e. The standard InChI is InChI=1S/C64H112O24/c1-9-12-15-16-17-18-21-24-30-35-44(67)84-59-58(88-60-49(72)47(70)45(68)36(4)76-60)55(85-61-50(73)48(71)53(38(6)78-61)82-42(65)33-27-14-11-3)40(8)80-64(59)86-54-39(7)79-63-52(75)57(54)83-43(66)34-29-25-22-19-20-23-28-32-41(31-26-13-10-2)81-62-51(74)56(87-63)46(69)37(5)77-62/h36-41,45-64,68-75H,9-35H2,1-8H3/t36-,37+,38-,39-,40-,41-,45-,46-,47+,48-,49+,50+,51+,52+,53-,54-,55-,56-,57-,58+,59+,60-,61-,62+,63-,64-/m0/s1. The number of carbonyl (C=O) groups excluding carboxylic acids is 3. The van der Waals surface area contributed by atoms with E-state index >= 15 is 0 Å². The molecule has 6 saturated heterocycles. The third kappa shape index (κ3) is 21.6. The highest BCUT2D eigenvalue weighted by atomic mass is 16.8. The molecular formula is C64H112O24. The number of unbranched alkanes of at least 4 members (excludes halogenated alkanes) is 12. The third-order valence-corrected chi connectivity index (χ3v) is 18.1. The van der Waals surface area contributed by atoms with E-state index in [1.54, 1.807) is 13.8 Å². The van der Waals surface area contributed by atoms with Crippen LogP contribution in [0.5, 0.6) is 0 Å². The van der Waals surface area contributed by atoms with E-state index in [4.69, 9.17) is 61.6 Å². The van der Waals surface area contributed by atoms with Gasteiger partial charge in [-0.3, -0.25) is 14.4 Å². The highest BCUT2D eigenvalue weighted by Crippen LogP contribution is 2.39. The Morgan fingerprint density at radius 2 is 0.852 bits per heavy atom. The molecule has 8 N–H and O–H groups in total. The summed E-state index contributed by atoms with van der Waals surface area (Å²) >= 11 is 0. The molecule has 6 aliphatic rings. The highest BCUT2D eigenvalue weighted by molar-refractivity contribution is 5.70. The van der Waals surface area contributed by atoms with E-state index in [-0.39, 0.29) is 25.4 Å². The number of aliphatic hydroxyl groups is 8. The lowest BCUT2D eigenvalue weighted by Crippen LogP contribution is -2.68. The predicted octanol–water partition coefficient (Wildman–Crippen LogP) is 5.87. The van der Waals surface area contributed by atoms with Crippen molar-refractivity contribution in [3.05, 3.63) is 0 Å². The van der Waals surface area contributed by atoms with Gasteiger partial charge in [0.15, 0.2) is 49.8 Å². The Kier molecular flexibility index (Phi) is 32.4. The molecular weight excluding hydrogens is 1150 g/mol. The second-order valence-corrected chi connectivity index (χ2v) is 25.5. The Morgan fingerprint density at radius 1 is 0.398 bits per heavy atom. The molecule has 6 fully saturated rings. The lowest BCUT2D eigenvalue weighted by molar-refractivity contribution is -0.398. The van der Waals surface area contributed by atoms with Crippen LogP contribution < -0.4 is 0 Å². The summed E-state index contributed by atoms with van der Waals surface area (Å²) in [6.07, 6.45) is -17.0. The summed E-state index contributed by atoms with van der Waals surface area (Å²) in [6.45, 7) is 13.9. The number of rotatable bonds is 26. The van der Waals surface area contributed by atoms with Crippen molar-refractivity contribution in [3.63, 3.8) is 0 Å². The molecule has 0 radical (unpaired) electrons. The van der Waals surface area contributed by atoms with E-state index in [9.17, 15) is 55.2 Å². The molecule has 6 heterocycles. The highest BCUT2D eigenvalue weighted by Gasteiger charge is 2.58. The molecule has 0 aromatic carbocycles. The maximum absolute atomic E-state index is 14.4. The molecule has 88 heavy (non-hydrogen) atoms. The minimum atomic E-state index is -1.90. The molecule has 0 aromatic heterocycles. The fourth-order valence-corrected chi connectivity index (χ4v) is 12.6. The van der Waals surface area contributed by atoms with Crippen molar-refractivity contribution < 1.29 is 117 Å². The number of aliphatic hydroxyl groups excluding tert-OH is 8. The molecule has 4 bridgehead atoms. The van der Waals surface area contributed by atoms with E-state index in [0.29, 0.717) is 25.7 Å². The number of esters is 3. The van der Waals surface area contributed by atoms with Crippen molar-refractivity contribution in [1.29, 1.82) is 0 Å². The van der Waals surface area contributed by atoms with E-state index in [1.807, 2.05) is 6.92 Å². The van der Waals surface area contributed by atoms with Crippen LogP contribution in [0.25, 0.3) is 0 Å². The number of ether oxygens (including phenoxy) is 13. The van der Waals surface area contributed by atoms with Crippen LogP contribution in [0.4, 0.5) is 0 Å². The van der Waals surface area contributed by atoms with E-state index in [2.05, 4.69) is 13.8 Å². The van der Waals surface area contributed by atoms with Crippen LogP contribution in [0.3, 0.4) is 0 Å². The first kappa shape index (κ1) is 74.7. The quantitative estimate of drug-likeness (QED) is 0.0285. The van der Waals surface area contributed by atoms with Gasteiger partial charge in [-0.15, -0.1) is 0 Å². The van der Waals surface area contributed by atoms with Gasteiger partial charge < -0.3 is 102 Å². The topological polar surface area (TPSA) is 333 Å². The van der Waals surface area contributed by atoms with Gasteiger partial charge in [-0.2, -0.15) is 0 Å². The summed E-state index contributed by atoms with van der Waals surface area (Å²) < 4.78 is 82.1. The molecule has 0 amide bonds. The fraction of sp³-hybridized carbons (Fsp3) is 0.953. The molecule has 512 valence electrons. The zero-order valence-corrected chi connectivity index (χ0v) is 53.7. The Hall–Kier alpha value is -2.31. The molecule has 6 rings (SSSR count). The molecule has 26 atom stereocenters. The van der Waals surface area contributed by atoms with Gasteiger partial charge in [0, 0.05) is 19.3 Å². The van der Waals surface area contributed by atoms with Crippen molar-refractivity contribution in [3.8, 4) is 0 Å². The number of fused-ring (bicyclic) bond motifs is 4. The van der Waals surface area contributed by atoms with Crippen LogP contribution in [-0.2, 0) is 76.0 Å². The van der Waals surface area contributed by atoms with E-state index in [1.165, 1.54) is 27.2 Å². The SMILES string of the molecule is CCCCCCCCCCCC(=O)O[C@H]1[C@H](O[C@@H]2[C@H]3OC(=O)CCCCCCCCC[C@H](CCCCC)O[C@H]4O[C@H](C)[C@H](O)[C@H](O[C@H](O[C@H]2C)[C@@H]3O)[C@H]4O)O[C@@H](C)[C@H](O[C@@H]2O[C@@H](C)[C@H](OC(=O)CCCCC)[C@@H](O)[C@H]2O)[C@H]1O[C@@H]1O[C@@H](C)[C@H](O)[C@@H](O)[C@H]1O. The number of hydrogen-bond acceptors (Lipinski definition) is 24. The first-order chi connectivity index (χ1) is 42.2. The van der Waals surface area contributed by atoms with Crippen molar-refractivity contribution in [1.82, 2.24) is 0 Å². The Bertz CT molecular complexity index is 1990. The monoisotopic (exact) mass is 1260 g/mol. The second kappa shape index (κ2) is 38.2. The summed E-state index contributed by atoms with van der Waals surface area (Å²) in [6, 6.07) is 0. The van der Waals surface area contributed by atoms with Crippen LogP contribution in [0.1, 0.15) is 229 Å². The normalized spacial score (nSPS) is 40.9. The van der Waals surface area contributed by atoms with Gasteiger partial charge >= 0.3 is 17.9 Å². The molecule has 24 nitrogen and oxygen atoms in total. The molecule has 0 saturated carbocycles. The third-order valence-electron chi connectivity index (χ3n) is 18.1. The van der Waals surface area contributed by atoms with Crippen LogP contribution >= 0.6 is 0 Å². The molecule has 6 aliphatic heterocycles. The molecule has 24 heteroatoms. The van der Waals surface area contributed by atoms with Gasteiger partial charge in [-0.05, 0) is 66.7 Å². The van der Waals surface area contributed by atoms with Crippen molar-refractivity contribution >= 4 is 17.9 Å². The minimum absolute atomic E-state index is 0.0255. The van der Waals surface area contributed by atoms with Gasteiger partial charge in [0.25, 0.3) is 0 Å². The summed E-state index contributed by atoms with van der Waals surface area (Å²) in [5.74, 6) is -2.02. The van der Waals surface area contributed by atoms with Gasteiger partial charge in [-0.1, -0.05) is 143 Å². The van der Waals surface area contributed by atoms with Crippen LogP contribution in [-0.4, -0.2) is 218 Å². The maximum atomic E-state index is 14.4. The molecule has 0 aliphatic carbocycles. The summed E-state index contributed by atoms with van der Waals surface area (Å²) in [5.41, 5.74) is 0. The average molecular weight is 1270 g/mol. The van der Waals surface area contributed by atoms with Crippen LogP contribution in [0.15, 0.2) is 0 Å². The van der Waals surface area contributed by atoms with Gasteiger partial charge in [-0.25, -0.2) is 0 Å². The van der Waals surface area contributed by atoms with Crippen molar-refractivity contribution in [2.75, 3.05) is 0 Å². The summed E-state index contributed by atoms with van der Waals surface area (Å²) in [5, 5.41) is 92.4. The van der Waals surface area contributed by atoms with Crippen molar-refractivity contribution in [2.24, 2.45) is 0 Å². The summed E-state index contributed by atoms with van der Waals surface area (Å²) in [4.78, 5) is 41.3. The first-order valence-corrected chi connectivity index (χ1v) is 33.8. The number of hydrogen-bond donors (Lipinski definition) is 8. The van der Waals surface area contributed by atoms with Crippen molar-refractivity contribution in [2.45, 2.75) is 388 Å². The fourth-order valence-electron chi connectivity index (χ4n) is 12.6. The largest absolute Gasteiger partial charge is 0.457 e. The zero-order valence-electron chi connectivity index (χ0n) is 53.7. The predicted molar refractivity (Wildman–Crippen MR) is 315 cm³/mol. The molecule has 0 aromatic rings. The molecule has 0 unspecified atom stereocenters. The van der Waals surface area contributed by atoms with E-state index < -0.39 is 171 Å². The lowest BCUT2D eigenvalue weighted by atomic mass is 9.95. The smallest absolute Gasteiger partial charge is 0.306 e. The Morgan fingerprint density at radius 3 is 1.51 bits per heavy atom. The van der Waals surface area contributed by atoms with Gasteiger partial charge in [0.2, 0.25) is 0 Å². The second-order valence-electron chi connectivity index (χ2n) is 25.5. The first-order valence-electron chi connectivity index (χ1n) is 33.8. The van der Waals surface area contributed by atoms with Gasteiger partial charge in [0.05, 0.1) is 36.6 Å². The summed E-state index contributed by atoms with van der Waals surface area (Å²) in [7, 11) is 0. The minimum Gasteiger partial charge on any atom is -0.457 e. The Labute approximate surface area is 521 Å².